The summed E-state index contributed by atoms with van der Waals surface area (Å²) >= 11 is 11.5. The number of carbonyl (C=O) groups excluding carboxylic acids is 1. The van der Waals surface area contributed by atoms with Crippen LogP contribution in [0, 0.1) is 0 Å². The third-order valence-corrected chi connectivity index (χ3v) is 7.83. The minimum Gasteiger partial charge on any atom is -0.462 e. The number of aromatic nitrogens is 2. The second kappa shape index (κ2) is 11.5. The second-order valence-electron chi connectivity index (χ2n) is 8.20. The zero-order valence-electron chi connectivity index (χ0n) is 19.5. The number of aromatic amines is 1. The molecule has 3 N–H and O–H groups in total. The van der Waals surface area contributed by atoms with Crippen molar-refractivity contribution < 1.29 is 32.8 Å². The smallest absolute Gasteiger partial charge is 0.330 e. The van der Waals surface area contributed by atoms with Gasteiger partial charge in [0.15, 0.2) is 6.23 Å². The summed E-state index contributed by atoms with van der Waals surface area (Å²) in [7, 11) is 0. The predicted octanol–water partition coefficient (Wildman–Crippen LogP) is 1.95. The first-order chi connectivity index (χ1) is 16.8. The lowest BCUT2D eigenvalue weighted by atomic mass is 10.1. The zero-order chi connectivity index (χ0) is 26.7. The van der Waals surface area contributed by atoms with Gasteiger partial charge in [0.2, 0.25) is 0 Å². The first-order valence-corrected chi connectivity index (χ1v) is 13.8. The van der Waals surface area contributed by atoms with Crippen molar-refractivity contribution in [2.24, 2.45) is 0 Å². The van der Waals surface area contributed by atoms with E-state index in [1.807, 2.05) is 4.98 Å². The molecule has 1 aromatic carbocycles. The van der Waals surface area contributed by atoms with Gasteiger partial charge in [-0.05, 0) is 44.7 Å². The highest BCUT2D eigenvalue weighted by atomic mass is 35.5. The minimum absolute atomic E-state index is 0.334. The van der Waals surface area contributed by atoms with Crippen molar-refractivity contribution >= 4 is 36.0 Å². The topological polar surface area (TPSA) is 141 Å². The van der Waals surface area contributed by atoms with Gasteiger partial charge >= 0.3 is 18.3 Å². The van der Waals surface area contributed by atoms with E-state index >= 15 is 4.39 Å². The standard InChI is InChI=1S/C21H26ClFN3O8PS/c1-12(2)32-18(29)13(3)25-35(36,34-14-7-5-4-6-8-14)31-11-15-17(28)21(22,23)19(33-15)26-10-9-16(27)24-20(26)30/h4-10,12-13,15,17,19,28H,11H2,1-3H3,(H,25,36)(H,24,27,30)/t13-,15-,17-,19-,21-,35-/m1/s1. The molecule has 2 heterocycles. The third-order valence-electron chi connectivity index (χ3n) is 4.92. The number of carbonyl (C=O) groups is 1. The third kappa shape index (κ3) is 6.80. The highest BCUT2D eigenvalue weighted by Crippen LogP contribution is 2.48. The molecule has 198 valence electrons. The molecule has 1 aliphatic rings. The second-order valence-corrected chi connectivity index (χ2v) is 11.9. The molecule has 1 aromatic heterocycles. The lowest BCUT2D eigenvalue weighted by Crippen LogP contribution is -2.42. The molecule has 1 aliphatic heterocycles. The predicted molar refractivity (Wildman–Crippen MR) is 132 cm³/mol. The normalized spacial score (nSPS) is 26.4. The van der Waals surface area contributed by atoms with Crippen molar-refractivity contribution in [1.29, 1.82) is 0 Å². The van der Waals surface area contributed by atoms with Crippen LogP contribution in [0.15, 0.2) is 52.2 Å². The van der Waals surface area contributed by atoms with Crippen LogP contribution in [0.2, 0.25) is 0 Å². The molecule has 0 bridgehead atoms. The first-order valence-electron chi connectivity index (χ1n) is 10.8. The Hall–Kier alpha value is -2.12. The van der Waals surface area contributed by atoms with Crippen molar-refractivity contribution in [2.75, 3.05) is 6.61 Å². The van der Waals surface area contributed by atoms with E-state index in [4.69, 9.17) is 41.9 Å². The van der Waals surface area contributed by atoms with Crippen molar-refractivity contribution in [3.63, 3.8) is 0 Å². The number of halogens is 2. The molecule has 0 radical (unpaired) electrons. The Morgan fingerprint density at radius 1 is 1.33 bits per heavy atom. The summed E-state index contributed by atoms with van der Waals surface area (Å²) in [4.78, 5) is 37.7. The van der Waals surface area contributed by atoms with Gasteiger partial charge in [-0.25, -0.2) is 14.3 Å². The molecule has 15 heteroatoms. The van der Waals surface area contributed by atoms with E-state index in [2.05, 4.69) is 5.09 Å². The number of benzene rings is 1. The number of aliphatic hydroxyl groups is 1. The number of ether oxygens (including phenoxy) is 2. The lowest BCUT2D eigenvalue weighted by molar-refractivity contribution is -0.149. The number of hydrogen-bond acceptors (Lipinski definition) is 9. The maximum Gasteiger partial charge on any atom is 0.330 e. The molecule has 6 atom stereocenters. The maximum absolute atomic E-state index is 15.2. The van der Waals surface area contributed by atoms with Crippen LogP contribution in [0.1, 0.15) is 27.0 Å². The molecule has 0 aliphatic carbocycles. The number of hydrogen-bond donors (Lipinski definition) is 3. The number of aliphatic hydroxyl groups excluding tert-OH is 1. The van der Waals surface area contributed by atoms with Gasteiger partial charge in [0, 0.05) is 12.3 Å². The summed E-state index contributed by atoms with van der Waals surface area (Å²) in [6.07, 6.45) is -4.50. The van der Waals surface area contributed by atoms with Crippen LogP contribution < -0.4 is 20.9 Å². The van der Waals surface area contributed by atoms with Crippen molar-refractivity contribution in [1.82, 2.24) is 14.6 Å². The van der Waals surface area contributed by atoms with E-state index in [0.717, 1.165) is 12.3 Å². The Morgan fingerprint density at radius 2 is 2.00 bits per heavy atom. The number of rotatable bonds is 10. The molecule has 1 fully saturated rings. The molecule has 2 aromatic rings. The molecule has 0 amide bonds. The summed E-state index contributed by atoms with van der Waals surface area (Å²) in [5.74, 6) is -0.266. The van der Waals surface area contributed by atoms with Crippen LogP contribution in [0.3, 0.4) is 0 Å². The number of nitrogens with one attached hydrogen (secondary N) is 2. The SMILES string of the molecule is CC(C)OC(=O)[C@@H](C)N[P@@](=S)(OC[C@H]1O[C@@H](n2ccc(=O)[nH]c2=O)[C@@](F)(Cl)[C@@H]1O)Oc1ccccc1. The summed E-state index contributed by atoms with van der Waals surface area (Å²) < 4.78 is 38.3. The summed E-state index contributed by atoms with van der Waals surface area (Å²) in [5, 5.41) is 10.4. The summed E-state index contributed by atoms with van der Waals surface area (Å²) in [6.45, 7) is 0.859. The highest BCUT2D eigenvalue weighted by Gasteiger charge is 2.58. The van der Waals surface area contributed by atoms with Crippen LogP contribution >= 0.6 is 18.2 Å². The monoisotopic (exact) mass is 565 g/mol. The van der Waals surface area contributed by atoms with Gasteiger partial charge < -0.3 is 23.6 Å². The fourth-order valence-corrected chi connectivity index (χ4v) is 5.94. The molecular weight excluding hydrogens is 540 g/mol. The molecule has 0 spiro atoms. The van der Waals surface area contributed by atoms with E-state index in [0.29, 0.717) is 10.3 Å². The number of alkyl halides is 2. The Kier molecular flexibility index (Phi) is 9.10. The van der Waals surface area contributed by atoms with E-state index in [1.165, 1.54) is 6.92 Å². The van der Waals surface area contributed by atoms with Crippen LogP contribution in [-0.2, 0) is 30.6 Å². The van der Waals surface area contributed by atoms with Crippen molar-refractivity contribution in [3.8, 4) is 5.75 Å². The minimum atomic E-state index is -3.51. The Morgan fingerprint density at radius 3 is 2.61 bits per heavy atom. The number of para-hydroxylation sites is 1. The average Bonchev–Trinajstić information content (AvgIpc) is 3.01. The van der Waals surface area contributed by atoms with Crippen LogP contribution in [0.5, 0.6) is 5.75 Å². The number of esters is 1. The lowest BCUT2D eigenvalue weighted by Gasteiger charge is -2.28. The molecule has 11 nitrogen and oxygen atoms in total. The quantitative estimate of drug-likeness (QED) is 0.222. The van der Waals surface area contributed by atoms with E-state index in [9.17, 15) is 19.5 Å². The van der Waals surface area contributed by atoms with Crippen molar-refractivity contribution in [3.05, 3.63) is 63.4 Å². The summed E-state index contributed by atoms with van der Waals surface area (Å²) in [5.41, 5.74) is -1.69. The van der Waals surface area contributed by atoms with E-state index in [1.54, 1.807) is 44.2 Å². The molecule has 0 unspecified atom stereocenters. The number of H-pyrrole nitrogens is 1. The number of nitrogens with zero attached hydrogens (tertiary/aromatic N) is 1. The summed E-state index contributed by atoms with van der Waals surface area (Å²) in [6, 6.07) is 8.44. The Bertz CT molecular complexity index is 1230. The Labute approximate surface area is 215 Å². The largest absolute Gasteiger partial charge is 0.462 e. The highest BCUT2D eigenvalue weighted by molar-refractivity contribution is 8.09. The maximum atomic E-state index is 15.2. The Balaban J connectivity index is 1.80. The molecule has 0 saturated carbocycles. The van der Waals surface area contributed by atoms with Gasteiger partial charge in [0.1, 0.15) is 24.0 Å². The van der Waals surface area contributed by atoms with E-state index in [-0.39, 0.29) is 6.10 Å². The van der Waals surface area contributed by atoms with E-state index < -0.39 is 60.1 Å². The average molecular weight is 566 g/mol. The molecule has 3 rings (SSSR count). The van der Waals surface area contributed by atoms with Crippen LogP contribution in [-0.4, -0.2) is 56.7 Å². The van der Waals surface area contributed by atoms with Crippen molar-refractivity contribution in [2.45, 2.75) is 56.5 Å². The van der Waals surface area contributed by atoms with Gasteiger partial charge in [-0.15, -0.1) is 0 Å². The fraction of sp³-hybridized carbons (Fsp3) is 0.476. The van der Waals surface area contributed by atoms with Crippen LogP contribution in [0.4, 0.5) is 4.39 Å². The van der Waals surface area contributed by atoms with Crippen LogP contribution in [0.25, 0.3) is 0 Å². The van der Waals surface area contributed by atoms with Gasteiger partial charge in [0.05, 0.1) is 12.7 Å². The molecule has 36 heavy (non-hydrogen) atoms. The van der Waals surface area contributed by atoms with Gasteiger partial charge in [-0.3, -0.25) is 19.1 Å². The first kappa shape index (κ1) is 28.5. The molecule has 1 saturated heterocycles. The van der Waals surface area contributed by atoms with Gasteiger partial charge in [-0.2, -0.15) is 0 Å². The fourth-order valence-electron chi connectivity index (χ4n) is 3.22. The molecular formula is C21H26ClFN3O8PS. The zero-order valence-corrected chi connectivity index (χ0v) is 22.0. The van der Waals surface area contributed by atoms with Gasteiger partial charge in [-0.1, -0.05) is 29.8 Å². The van der Waals surface area contributed by atoms with Gasteiger partial charge in [0.25, 0.3) is 10.7 Å².